The van der Waals surface area contributed by atoms with E-state index in [0.717, 1.165) is 38.7 Å². The van der Waals surface area contributed by atoms with Gasteiger partial charge in [-0.05, 0) is 40.3 Å². The van der Waals surface area contributed by atoms with E-state index in [-0.39, 0.29) is 0 Å². The standard InChI is InChI=1S/C27H20O3/c1-2-18-11-7-15-23-24(18)17-20-10-4-6-14-22(20)26(23)30-27(28)29-25-16-8-12-19-9-3-5-13-21(19)25/h3-17H,2H2,1H3. The Bertz CT molecular complexity index is 1400. The van der Waals surface area contributed by atoms with E-state index in [1.807, 2.05) is 72.8 Å². The molecule has 0 atom stereocenters. The van der Waals surface area contributed by atoms with Gasteiger partial charge in [-0.3, -0.25) is 0 Å². The Morgan fingerprint density at radius 1 is 0.667 bits per heavy atom. The topological polar surface area (TPSA) is 35.5 Å². The van der Waals surface area contributed by atoms with Gasteiger partial charge in [0.1, 0.15) is 11.5 Å². The molecule has 0 fully saturated rings. The monoisotopic (exact) mass is 392 g/mol. The zero-order valence-corrected chi connectivity index (χ0v) is 16.6. The van der Waals surface area contributed by atoms with Crippen LogP contribution in [0.3, 0.4) is 0 Å². The van der Waals surface area contributed by atoms with Gasteiger partial charge in [0.25, 0.3) is 0 Å². The van der Waals surface area contributed by atoms with Crippen LogP contribution >= 0.6 is 0 Å². The van der Waals surface area contributed by atoms with Gasteiger partial charge in [-0.2, -0.15) is 0 Å². The summed E-state index contributed by atoms with van der Waals surface area (Å²) in [6, 6.07) is 29.6. The molecule has 0 bridgehead atoms. The van der Waals surface area contributed by atoms with Gasteiger partial charge in [0.05, 0.1) is 0 Å². The van der Waals surface area contributed by atoms with Crippen molar-refractivity contribution in [2.45, 2.75) is 13.3 Å². The van der Waals surface area contributed by atoms with Crippen LogP contribution in [0.2, 0.25) is 0 Å². The molecule has 0 spiro atoms. The van der Waals surface area contributed by atoms with Crippen LogP contribution in [0.5, 0.6) is 11.5 Å². The number of carbonyl (C=O) groups excluding carboxylic acids is 1. The van der Waals surface area contributed by atoms with Crippen molar-refractivity contribution in [3.05, 3.63) is 96.6 Å². The van der Waals surface area contributed by atoms with Crippen molar-refractivity contribution < 1.29 is 14.3 Å². The second kappa shape index (κ2) is 7.53. The molecule has 0 aliphatic carbocycles. The number of aryl methyl sites for hydroxylation is 1. The zero-order chi connectivity index (χ0) is 20.5. The lowest BCUT2D eigenvalue weighted by Gasteiger charge is -2.14. The summed E-state index contributed by atoms with van der Waals surface area (Å²) in [5, 5.41) is 5.78. The summed E-state index contributed by atoms with van der Waals surface area (Å²) in [4.78, 5) is 12.8. The molecule has 0 saturated carbocycles. The number of benzene rings is 5. The first-order valence-electron chi connectivity index (χ1n) is 10.1. The summed E-state index contributed by atoms with van der Waals surface area (Å²) in [5.74, 6) is 1.01. The van der Waals surface area contributed by atoms with Gasteiger partial charge in [0, 0.05) is 16.2 Å². The number of carbonyl (C=O) groups is 1. The van der Waals surface area contributed by atoms with E-state index in [4.69, 9.17) is 9.47 Å². The predicted molar refractivity (Wildman–Crippen MR) is 121 cm³/mol. The number of hydrogen-bond donors (Lipinski definition) is 0. The van der Waals surface area contributed by atoms with Crippen molar-refractivity contribution >= 4 is 38.5 Å². The molecule has 146 valence electrons. The van der Waals surface area contributed by atoms with Gasteiger partial charge in [-0.1, -0.05) is 85.8 Å². The minimum atomic E-state index is -0.745. The Morgan fingerprint density at radius 3 is 2.17 bits per heavy atom. The maximum atomic E-state index is 12.8. The molecule has 0 saturated heterocycles. The molecule has 0 amide bonds. The first-order chi connectivity index (χ1) is 14.7. The molecule has 0 aromatic heterocycles. The number of hydrogen-bond acceptors (Lipinski definition) is 3. The number of fused-ring (bicyclic) bond motifs is 3. The van der Waals surface area contributed by atoms with E-state index >= 15 is 0 Å². The first kappa shape index (κ1) is 18.2. The lowest BCUT2D eigenvalue weighted by Crippen LogP contribution is -2.14. The van der Waals surface area contributed by atoms with Crippen LogP contribution in [0, 0.1) is 0 Å². The molecule has 5 rings (SSSR count). The van der Waals surface area contributed by atoms with Crippen molar-refractivity contribution in [2.24, 2.45) is 0 Å². The van der Waals surface area contributed by atoms with Crippen LogP contribution in [-0.2, 0) is 6.42 Å². The third kappa shape index (κ3) is 3.15. The SMILES string of the molecule is CCc1cccc2c(OC(=O)Oc3cccc4ccccc34)c3ccccc3cc12. The minimum absolute atomic E-state index is 0.483. The Labute approximate surface area is 174 Å². The van der Waals surface area contributed by atoms with E-state index in [9.17, 15) is 4.79 Å². The smallest absolute Gasteiger partial charge is 0.394 e. The van der Waals surface area contributed by atoms with Crippen molar-refractivity contribution in [1.29, 1.82) is 0 Å². The molecule has 5 aromatic carbocycles. The second-order valence-electron chi connectivity index (χ2n) is 7.22. The van der Waals surface area contributed by atoms with Gasteiger partial charge in [0.15, 0.2) is 0 Å². The number of rotatable bonds is 3. The summed E-state index contributed by atoms with van der Waals surface area (Å²) in [6.07, 6.45) is 0.154. The van der Waals surface area contributed by atoms with E-state index in [0.29, 0.717) is 11.5 Å². The normalized spacial score (nSPS) is 11.1. The quantitative estimate of drug-likeness (QED) is 0.184. The average Bonchev–Trinajstić information content (AvgIpc) is 2.79. The molecular weight excluding hydrogens is 372 g/mol. The fourth-order valence-electron chi connectivity index (χ4n) is 4.01. The summed E-state index contributed by atoms with van der Waals surface area (Å²) in [7, 11) is 0. The second-order valence-corrected chi connectivity index (χ2v) is 7.22. The van der Waals surface area contributed by atoms with Gasteiger partial charge < -0.3 is 9.47 Å². The Kier molecular flexibility index (Phi) is 4.56. The molecule has 0 radical (unpaired) electrons. The fourth-order valence-corrected chi connectivity index (χ4v) is 4.01. The summed E-state index contributed by atoms with van der Waals surface area (Å²) in [6.45, 7) is 2.12. The molecule has 3 nitrogen and oxygen atoms in total. The fraction of sp³-hybridized carbons (Fsp3) is 0.0741. The minimum Gasteiger partial charge on any atom is -0.394 e. The van der Waals surface area contributed by atoms with E-state index in [1.54, 1.807) is 6.07 Å². The molecular formula is C27H20O3. The van der Waals surface area contributed by atoms with Crippen molar-refractivity contribution in [3.63, 3.8) is 0 Å². The van der Waals surface area contributed by atoms with Crippen LogP contribution in [0.15, 0.2) is 91.0 Å². The Balaban J connectivity index is 1.59. The third-order valence-electron chi connectivity index (χ3n) is 5.46. The lowest BCUT2D eigenvalue weighted by molar-refractivity contribution is 0.153. The Hall–Kier alpha value is -3.85. The average molecular weight is 392 g/mol. The van der Waals surface area contributed by atoms with E-state index in [2.05, 4.69) is 19.1 Å². The highest BCUT2D eigenvalue weighted by Gasteiger charge is 2.16. The maximum Gasteiger partial charge on any atom is 0.519 e. The van der Waals surface area contributed by atoms with Crippen LogP contribution in [0.4, 0.5) is 4.79 Å². The van der Waals surface area contributed by atoms with E-state index in [1.165, 1.54) is 5.56 Å². The highest BCUT2D eigenvalue weighted by molar-refractivity contribution is 6.07. The largest absolute Gasteiger partial charge is 0.519 e. The third-order valence-corrected chi connectivity index (χ3v) is 5.46. The summed E-state index contributed by atoms with van der Waals surface area (Å²) in [5.41, 5.74) is 1.21. The Morgan fingerprint density at radius 2 is 1.33 bits per heavy atom. The van der Waals surface area contributed by atoms with Crippen molar-refractivity contribution in [3.8, 4) is 11.5 Å². The maximum absolute atomic E-state index is 12.8. The van der Waals surface area contributed by atoms with Gasteiger partial charge in [-0.15, -0.1) is 0 Å². The van der Waals surface area contributed by atoms with Crippen LogP contribution in [0.25, 0.3) is 32.3 Å². The lowest BCUT2D eigenvalue weighted by atomic mass is 9.97. The molecule has 0 aliphatic heterocycles. The molecule has 0 N–H and O–H groups in total. The van der Waals surface area contributed by atoms with Gasteiger partial charge >= 0.3 is 6.16 Å². The van der Waals surface area contributed by atoms with Gasteiger partial charge in [-0.25, -0.2) is 4.79 Å². The highest BCUT2D eigenvalue weighted by Crippen LogP contribution is 2.37. The molecule has 0 unspecified atom stereocenters. The van der Waals surface area contributed by atoms with Gasteiger partial charge in [0.2, 0.25) is 0 Å². The number of ether oxygens (including phenoxy) is 2. The zero-order valence-electron chi connectivity index (χ0n) is 16.6. The van der Waals surface area contributed by atoms with Crippen LogP contribution < -0.4 is 9.47 Å². The molecule has 0 heterocycles. The summed E-state index contributed by atoms with van der Waals surface area (Å²) >= 11 is 0. The van der Waals surface area contributed by atoms with Crippen LogP contribution in [0.1, 0.15) is 12.5 Å². The molecule has 5 aromatic rings. The van der Waals surface area contributed by atoms with Crippen LogP contribution in [-0.4, -0.2) is 6.16 Å². The molecule has 3 heteroatoms. The molecule has 0 aliphatic rings. The van der Waals surface area contributed by atoms with Crippen molar-refractivity contribution in [2.75, 3.05) is 0 Å². The molecule has 30 heavy (non-hydrogen) atoms. The van der Waals surface area contributed by atoms with E-state index < -0.39 is 6.16 Å². The highest BCUT2D eigenvalue weighted by atomic mass is 16.7. The summed E-state index contributed by atoms with van der Waals surface area (Å²) < 4.78 is 11.5. The first-order valence-corrected chi connectivity index (χ1v) is 10.1. The predicted octanol–water partition coefficient (Wildman–Crippen LogP) is 7.29. The van der Waals surface area contributed by atoms with Crippen molar-refractivity contribution in [1.82, 2.24) is 0 Å².